The molecule has 0 aliphatic rings. The van der Waals surface area contributed by atoms with E-state index in [0.29, 0.717) is 11.1 Å². The fraction of sp³-hybridized carbons (Fsp3) is 0.0909. The van der Waals surface area contributed by atoms with E-state index in [4.69, 9.17) is 5.26 Å². The maximum atomic E-state index is 13.6. The summed E-state index contributed by atoms with van der Waals surface area (Å²) >= 11 is 1.40. The number of rotatable bonds is 1. The van der Waals surface area contributed by atoms with E-state index in [9.17, 15) is 4.39 Å². The Morgan fingerprint density at radius 3 is 2.80 bits per heavy atom. The minimum Gasteiger partial charge on any atom is -0.249 e. The average molecular weight is 218 g/mol. The summed E-state index contributed by atoms with van der Waals surface area (Å²) in [7, 11) is 0. The van der Waals surface area contributed by atoms with E-state index < -0.39 is 0 Å². The SMILES string of the molecule is Cc1ncsc1-c1ccc(C#N)cc1F. The summed E-state index contributed by atoms with van der Waals surface area (Å²) < 4.78 is 13.6. The fourth-order valence-corrected chi connectivity index (χ4v) is 2.16. The van der Waals surface area contributed by atoms with Gasteiger partial charge in [0.1, 0.15) is 5.82 Å². The molecule has 4 heteroatoms. The van der Waals surface area contributed by atoms with Gasteiger partial charge in [-0.2, -0.15) is 5.26 Å². The molecule has 0 fully saturated rings. The van der Waals surface area contributed by atoms with Crippen molar-refractivity contribution in [3.63, 3.8) is 0 Å². The molecule has 0 amide bonds. The lowest BCUT2D eigenvalue weighted by atomic mass is 10.1. The minimum absolute atomic E-state index is 0.332. The van der Waals surface area contributed by atoms with Gasteiger partial charge in [0.05, 0.1) is 27.7 Å². The van der Waals surface area contributed by atoms with Crippen LogP contribution in [0.15, 0.2) is 23.7 Å². The molecule has 74 valence electrons. The van der Waals surface area contributed by atoms with Crippen LogP contribution in [0, 0.1) is 24.1 Å². The first-order valence-corrected chi connectivity index (χ1v) is 5.20. The standard InChI is InChI=1S/C11H7FN2S/c1-7-11(15-6-14-7)9-3-2-8(5-13)4-10(9)12/h2-4,6H,1H3. The first-order chi connectivity index (χ1) is 7.22. The molecule has 1 aromatic carbocycles. The minimum atomic E-state index is -0.374. The van der Waals surface area contributed by atoms with Crippen LogP contribution in [0.2, 0.25) is 0 Å². The van der Waals surface area contributed by atoms with Crippen molar-refractivity contribution in [2.45, 2.75) is 6.92 Å². The van der Waals surface area contributed by atoms with Crippen LogP contribution in [-0.2, 0) is 0 Å². The van der Waals surface area contributed by atoms with Gasteiger partial charge < -0.3 is 0 Å². The van der Waals surface area contributed by atoms with E-state index in [1.807, 2.05) is 13.0 Å². The van der Waals surface area contributed by atoms with Crippen molar-refractivity contribution >= 4 is 11.3 Å². The van der Waals surface area contributed by atoms with E-state index in [1.165, 1.54) is 17.4 Å². The van der Waals surface area contributed by atoms with Crippen LogP contribution in [-0.4, -0.2) is 4.98 Å². The Labute approximate surface area is 90.6 Å². The molecule has 0 saturated heterocycles. The Bertz CT molecular complexity index is 540. The predicted molar refractivity (Wildman–Crippen MR) is 57.0 cm³/mol. The van der Waals surface area contributed by atoms with Crippen LogP contribution in [0.25, 0.3) is 10.4 Å². The Morgan fingerprint density at radius 2 is 2.27 bits per heavy atom. The van der Waals surface area contributed by atoms with Gasteiger partial charge in [0, 0.05) is 5.56 Å². The third-order valence-corrected chi connectivity index (χ3v) is 3.05. The van der Waals surface area contributed by atoms with Gasteiger partial charge in [-0.15, -0.1) is 11.3 Å². The summed E-state index contributed by atoms with van der Waals surface area (Å²) in [4.78, 5) is 4.88. The van der Waals surface area contributed by atoms with E-state index in [1.54, 1.807) is 17.6 Å². The third kappa shape index (κ3) is 1.74. The van der Waals surface area contributed by atoms with Crippen LogP contribution in [0.5, 0.6) is 0 Å². The van der Waals surface area contributed by atoms with Crippen molar-refractivity contribution in [2.75, 3.05) is 0 Å². The maximum absolute atomic E-state index is 13.6. The molecule has 0 atom stereocenters. The molecule has 2 rings (SSSR count). The van der Waals surface area contributed by atoms with Gasteiger partial charge in [0.15, 0.2) is 0 Å². The van der Waals surface area contributed by atoms with Crippen molar-refractivity contribution in [2.24, 2.45) is 0 Å². The van der Waals surface area contributed by atoms with Crippen molar-refractivity contribution in [3.05, 3.63) is 40.8 Å². The highest BCUT2D eigenvalue weighted by Gasteiger charge is 2.10. The molecule has 0 unspecified atom stereocenters. The van der Waals surface area contributed by atoms with Crippen LogP contribution >= 0.6 is 11.3 Å². The number of halogens is 1. The molecule has 0 aliphatic carbocycles. The van der Waals surface area contributed by atoms with Crippen LogP contribution in [0.1, 0.15) is 11.3 Å². The van der Waals surface area contributed by atoms with Gasteiger partial charge in [-0.1, -0.05) is 0 Å². The normalized spacial score (nSPS) is 9.93. The highest BCUT2D eigenvalue weighted by molar-refractivity contribution is 7.13. The van der Waals surface area contributed by atoms with Crippen LogP contribution in [0.3, 0.4) is 0 Å². The molecular formula is C11H7FN2S. The molecule has 0 radical (unpaired) electrons. The number of benzene rings is 1. The predicted octanol–water partition coefficient (Wildman–Crippen LogP) is 3.13. The second kappa shape index (κ2) is 3.79. The zero-order valence-electron chi connectivity index (χ0n) is 7.99. The molecule has 15 heavy (non-hydrogen) atoms. The van der Waals surface area contributed by atoms with Crippen LogP contribution < -0.4 is 0 Å². The van der Waals surface area contributed by atoms with Crippen LogP contribution in [0.4, 0.5) is 4.39 Å². The third-order valence-electron chi connectivity index (χ3n) is 2.09. The zero-order chi connectivity index (χ0) is 10.8. The Kier molecular flexibility index (Phi) is 2.48. The molecule has 1 aromatic heterocycles. The summed E-state index contributed by atoms with van der Waals surface area (Å²) in [5.74, 6) is -0.374. The first kappa shape index (κ1) is 9.81. The summed E-state index contributed by atoms with van der Waals surface area (Å²) in [6.45, 7) is 1.84. The second-order valence-corrected chi connectivity index (χ2v) is 3.93. The molecule has 2 nitrogen and oxygen atoms in total. The molecule has 0 aliphatic heterocycles. The van der Waals surface area contributed by atoms with Gasteiger partial charge >= 0.3 is 0 Å². The molecule has 0 bridgehead atoms. The summed E-state index contributed by atoms with van der Waals surface area (Å²) in [5, 5.41) is 8.61. The lowest BCUT2D eigenvalue weighted by Gasteiger charge is -2.01. The molecule has 2 aromatic rings. The number of nitrogens with zero attached hydrogens (tertiary/aromatic N) is 2. The largest absolute Gasteiger partial charge is 0.249 e. The Hall–Kier alpha value is -1.73. The van der Waals surface area contributed by atoms with Gasteiger partial charge in [0.25, 0.3) is 0 Å². The summed E-state index contributed by atoms with van der Waals surface area (Å²) in [6, 6.07) is 6.38. The topological polar surface area (TPSA) is 36.7 Å². The number of nitriles is 1. The van der Waals surface area contributed by atoms with Gasteiger partial charge in [-0.3, -0.25) is 0 Å². The van der Waals surface area contributed by atoms with Gasteiger partial charge in [-0.05, 0) is 25.1 Å². The van der Waals surface area contributed by atoms with Crippen molar-refractivity contribution in [1.82, 2.24) is 4.98 Å². The Balaban J connectivity index is 2.56. The fourth-order valence-electron chi connectivity index (χ4n) is 1.33. The number of hydrogen-bond donors (Lipinski definition) is 0. The molecular weight excluding hydrogens is 211 g/mol. The van der Waals surface area contributed by atoms with Gasteiger partial charge in [-0.25, -0.2) is 9.37 Å². The number of aryl methyl sites for hydroxylation is 1. The smallest absolute Gasteiger partial charge is 0.133 e. The highest BCUT2D eigenvalue weighted by Crippen LogP contribution is 2.29. The van der Waals surface area contributed by atoms with E-state index in [0.717, 1.165) is 10.6 Å². The monoisotopic (exact) mass is 218 g/mol. The Morgan fingerprint density at radius 1 is 1.47 bits per heavy atom. The van der Waals surface area contributed by atoms with E-state index in [2.05, 4.69) is 4.98 Å². The second-order valence-electron chi connectivity index (χ2n) is 3.07. The summed E-state index contributed by atoms with van der Waals surface area (Å²) in [5.41, 5.74) is 3.33. The summed E-state index contributed by atoms with van der Waals surface area (Å²) in [6.07, 6.45) is 0. The molecule has 1 heterocycles. The van der Waals surface area contributed by atoms with E-state index >= 15 is 0 Å². The number of aromatic nitrogens is 1. The lowest BCUT2D eigenvalue weighted by molar-refractivity contribution is 0.631. The highest BCUT2D eigenvalue weighted by atomic mass is 32.1. The van der Waals surface area contributed by atoms with E-state index in [-0.39, 0.29) is 5.82 Å². The maximum Gasteiger partial charge on any atom is 0.133 e. The molecule has 0 spiro atoms. The van der Waals surface area contributed by atoms with Crippen molar-refractivity contribution in [3.8, 4) is 16.5 Å². The zero-order valence-corrected chi connectivity index (χ0v) is 8.81. The molecule has 0 N–H and O–H groups in total. The first-order valence-electron chi connectivity index (χ1n) is 4.32. The average Bonchev–Trinajstić information content (AvgIpc) is 2.64. The van der Waals surface area contributed by atoms with Gasteiger partial charge in [0.2, 0.25) is 0 Å². The lowest BCUT2D eigenvalue weighted by Crippen LogP contribution is -1.85. The van der Waals surface area contributed by atoms with Crippen molar-refractivity contribution in [1.29, 1.82) is 5.26 Å². The quantitative estimate of drug-likeness (QED) is 0.737. The molecule has 0 saturated carbocycles. The number of hydrogen-bond acceptors (Lipinski definition) is 3. The van der Waals surface area contributed by atoms with Crippen molar-refractivity contribution < 1.29 is 4.39 Å². The number of thiazole rings is 1.